The maximum absolute atomic E-state index is 5.78. The van der Waals surface area contributed by atoms with Gasteiger partial charge in [0, 0.05) is 11.6 Å². The highest BCUT2D eigenvalue weighted by Crippen LogP contribution is 2.21. The molecule has 0 aliphatic rings. The fraction of sp³-hybridized carbons (Fsp3) is 0.0909. The zero-order chi connectivity index (χ0) is 10.7. The maximum Gasteiger partial charge on any atom is 0.226 e. The predicted molar refractivity (Wildman–Crippen MR) is 59.0 cm³/mol. The lowest BCUT2D eigenvalue weighted by Gasteiger charge is -2.03. The third-order valence-corrected chi connectivity index (χ3v) is 2.12. The van der Waals surface area contributed by atoms with Crippen molar-refractivity contribution in [3.8, 4) is 17.1 Å². The first-order chi connectivity index (χ1) is 7.29. The second-order valence-electron chi connectivity index (χ2n) is 2.93. The Morgan fingerprint density at radius 2 is 1.87 bits per heavy atom. The number of nitrogens with zero attached hydrogens (tertiary/aromatic N) is 2. The molecule has 2 aromatic rings. The topological polar surface area (TPSA) is 35.0 Å². The number of aromatic nitrogens is 2. The van der Waals surface area contributed by atoms with Crippen LogP contribution in [-0.2, 0) is 0 Å². The first kappa shape index (κ1) is 9.93. The van der Waals surface area contributed by atoms with Crippen LogP contribution in [0.4, 0.5) is 0 Å². The van der Waals surface area contributed by atoms with Crippen LogP contribution in [0, 0.1) is 0 Å². The van der Waals surface area contributed by atoms with Crippen molar-refractivity contribution in [2.45, 2.75) is 0 Å². The zero-order valence-corrected chi connectivity index (χ0v) is 8.90. The third-order valence-electron chi connectivity index (χ3n) is 1.95. The molecule has 0 radical (unpaired) electrons. The molecule has 0 spiro atoms. The zero-order valence-electron chi connectivity index (χ0n) is 8.14. The summed E-state index contributed by atoms with van der Waals surface area (Å²) in [4.78, 5) is 8.04. The lowest BCUT2D eigenvalue weighted by Crippen LogP contribution is -1.92. The average Bonchev–Trinajstić information content (AvgIpc) is 2.29. The summed E-state index contributed by atoms with van der Waals surface area (Å²) in [6, 6.07) is 11.5. The summed E-state index contributed by atoms with van der Waals surface area (Å²) in [5, 5.41) is 0.188. The summed E-state index contributed by atoms with van der Waals surface area (Å²) in [5.41, 5.74) is 1.74. The molecule has 0 bridgehead atoms. The van der Waals surface area contributed by atoms with E-state index in [1.807, 2.05) is 30.3 Å². The highest BCUT2D eigenvalue weighted by atomic mass is 35.5. The largest absolute Gasteiger partial charge is 0.481 e. The summed E-state index contributed by atoms with van der Waals surface area (Å²) in [5.74, 6) is 0.467. The Labute approximate surface area is 92.7 Å². The van der Waals surface area contributed by atoms with Crippen LogP contribution in [0.25, 0.3) is 11.3 Å². The van der Waals surface area contributed by atoms with E-state index in [0.717, 1.165) is 11.3 Å². The van der Waals surface area contributed by atoms with E-state index in [0.29, 0.717) is 5.88 Å². The molecule has 0 aliphatic heterocycles. The molecule has 0 saturated heterocycles. The van der Waals surface area contributed by atoms with Crippen molar-refractivity contribution in [2.75, 3.05) is 7.11 Å². The normalized spacial score (nSPS) is 10.0. The van der Waals surface area contributed by atoms with Crippen LogP contribution in [0.2, 0.25) is 5.28 Å². The highest BCUT2D eigenvalue weighted by Gasteiger charge is 2.04. The van der Waals surface area contributed by atoms with Gasteiger partial charge < -0.3 is 4.74 Å². The van der Waals surface area contributed by atoms with Crippen molar-refractivity contribution < 1.29 is 4.74 Å². The monoisotopic (exact) mass is 220 g/mol. The van der Waals surface area contributed by atoms with Crippen molar-refractivity contribution in [1.82, 2.24) is 9.97 Å². The Hall–Kier alpha value is -1.61. The first-order valence-corrected chi connectivity index (χ1v) is 4.81. The Balaban J connectivity index is 2.49. The van der Waals surface area contributed by atoms with Crippen LogP contribution in [0.1, 0.15) is 0 Å². The Morgan fingerprint density at radius 3 is 2.53 bits per heavy atom. The van der Waals surface area contributed by atoms with E-state index in [4.69, 9.17) is 16.3 Å². The molecule has 0 amide bonds. The van der Waals surface area contributed by atoms with Crippen LogP contribution < -0.4 is 4.74 Å². The molecule has 1 aromatic carbocycles. The summed E-state index contributed by atoms with van der Waals surface area (Å²) >= 11 is 5.78. The van der Waals surface area contributed by atoms with Gasteiger partial charge in [-0.15, -0.1) is 0 Å². The number of benzene rings is 1. The average molecular weight is 221 g/mol. The van der Waals surface area contributed by atoms with Crippen LogP contribution in [0.5, 0.6) is 5.88 Å². The predicted octanol–water partition coefficient (Wildman–Crippen LogP) is 2.81. The summed E-state index contributed by atoms with van der Waals surface area (Å²) in [6.07, 6.45) is 0. The number of methoxy groups -OCH3 is 1. The minimum absolute atomic E-state index is 0.188. The maximum atomic E-state index is 5.78. The van der Waals surface area contributed by atoms with Gasteiger partial charge in [-0.3, -0.25) is 0 Å². The van der Waals surface area contributed by atoms with E-state index < -0.39 is 0 Å². The van der Waals surface area contributed by atoms with Gasteiger partial charge in [-0.05, 0) is 11.6 Å². The molecule has 0 N–H and O–H groups in total. The summed E-state index contributed by atoms with van der Waals surface area (Å²) < 4.78 is 5.02. The van der Waals surface area contributed by atoms with Crippen molar-refractivity contribution in [3.63, 3.8) is 0 Å². The lowest BCUT2D eigenvalue weighted by atomic mass is 10.1. The number of hydrogen-bond acceptors (Lipinski definition) is 3. The molecule has 76 valence electrons. The minimum Gasteiger partial charge on any atom is -0.481 e. The second-order valence-corrected chi connectivity index (χ2v) is 3.27. The third kappa shape index (κ3) is 2.25. The molecule has 15 heavy (non-hydrogen) atoms. The molecule has 0 saturated carbocycles. The lowest BCUT2D eigenvalue weighted by molar-refractivity contribution is 0.397. The second kappa shape index (κ2) is 4.28. The smallest absolute Gasteiger partial charge is 0.226 e. The molecule has 3 nitrogen and oxygen atoms in total. The van der Waals surface area contributed by atoms with E-state index in [9.17, 15) is 0 Å². The first-order valence-electron chi connectivity index (χ1n) is 4.43. The van der Waals surface area contributed by atoms with Gasteiger partial charge in [-0.1, -0.05) is 30.3 Å². The van der Waals surface area contributed by atoms with Gasteiger partial charge in [0.15, 0.2) is 0 Å². The van der Waals surface area contributed by atoms with Crippen LogP contribution >= 0.6 is 11.6 Å². The Kier molecular flexibility index (Phi) is 2.83. The van der Waals surface area contributed by atoms with Gasteiger partial charge in [0.1, 0.15) is 0 Å². The number of halogens is 1. The SMILES string of the molecule is COc1cc(-c2ccccc2)nc(Cl)n1. The quantitative estimate of drug-likeness (QED) is 0.730. The Morgan fingerprint density at radius 1 is 1.13 bits per heavy atom. The van der Waals surface area contributed by atoms with Crippen molar-refractivity contribution >= 4 is 11.6 Å². The van der Waals surface area contributed by atoms with Gasteiger partial charge >= 0.3 is 0 Å². The molecular weight excluding hydrogens is 212 g/mol. The molecule has 0 unspecified atom stereocenters. The van der Waals surface area contributed by atoms with E-state index >= 15 is 0 Å². The summed E-state index contributed by atoms with van der Waals surface area (Å²) in [7, 11) is 1.55. The van der Waals surface area contributed by atoms with E-state index in [-0.39, 0.29) is 5.28 Å². The van der Waals surface area contributed by atoms with Crippen LogP contribution in [0.3, 0.4) is 0 Å². The fourth-order valence-corrected chi connectivity index (χ4v) is 1.43. The highest BCUT2D eigenvalue weighted by molar-refractivity contribution is 6.28. The van der Waals surface area contributed by atoms with Crippen molar-refractivity contribution in [2.24, 2.45) is 0 Å². The molecule has 4 heteroatoms. The van der Waals surface area contributed by atoms with E-state index in [1.54, 1.807) is 13.2 Å². The minimum atomic E-state index is 0.188. The van der Waals surface area contributed by atoms with Crippen molar-refractivity contribution in [3.05, 3.63) is 41.7 Å². The Bertz CT molecular complexity index is 459. The molecule has 1 heterocycles. The molecule has 0 fully saturated rings. The fourth-order valence-electron chi connectivity index (χ4n) is 1.26. The molecule has 1 aromatic heterocycles. The van der Waals surface area contributed by atoms with Crippen LogP contribution in [-0.4, -0.2) is 17.1 Å². The van der Waals surface area contributed by atoms with E-state index in [2.05, 4.69) is 9.97 Å². The molecule has 2 rings (SSSR count). The standard InChI is InChI=1S/C11H9ClN2O/c1-15-10-7-9(13-11(12)14-10)8-5-3-2-4-6-8/h2-7H,1H3. The van der Waals surface area contributed by atoms with Crippen LogP contribution in [0.15, 0.2) is 36.4 Å². The van der Waals surface area contributed by atoms with Gasteiger partial charge in [0.2, 0.25) is 11.2 Å². The molecule has 0 aliphatic carbocycles. The molecular formula is C11H9ClN2O. The number of ether oxygens (including phenoxy) is 1. The number of hydrogen-bond donors (Lipinski definition) is 0. The summed E-state index contributed by atoms with van der Waals surface area (Å²) in [6.45, 7) is 0. The van der Waals surface area contributed by atoms with E-state index in [1.165, 1.54) is 0 Å². The molecule has 0 atom stereocenters. The van der Waals surface area contributed by atoms with Gasteiger partial charge in [0.25, 0.3) is 0 Å². The number of rotatable bonds is 2. The van der Waals surface area contributed by atoms with Gasteiger partial charge in [-0.2, -0.15) is 4.98 Å². The van der Waals surface area contributed by atoms with Crippen molar-refractivity contribution in [1.29, 1.82) is 0 Å². The van der Waals surface area contributed by atoms with Gasteiger partial charge in [0.05, 0.1) is 12.8 Å². The van der Waals surface area contributed by atoms with Gasteiger partial charge in [-0.25, -0.2) is 4.98 Å².